The molecule has 0 bridgehead atoms. The third-order valence-electron chi connectivity index (χ3n) is 6.64. The van der Waals surface area contributed by atoms with Gasteiger partial charge in [0, 0.05) is 38.6 Å². The molecule has 1 heterocycles. The zero-order valence-corrected chi connectivity index (χ0v) is 21.5. The lowest BCUT2D eigenvalue weighted by Gasteiger charge is -2.29. The highest BCUT2D eigenvalue weighted by Crippen LogP contribution is 2.26. The van der Waals surface area contributed by atoms with E-state index in [1.807, 2.05) is 6.92 Å². The van der Waals surface area contributed by atoms with Crippen molar-refractivity contribution in [1.82, 2.24) is 20.2 Å². The maximum absolute atomic E-state index is 14.3. The summed E-state index contributed by atoms with van der Waals surface area (Å²) in [5, 5.41) is 9.10. The number of amides is 2. The number of imidazole rings is 1. The van der Waals surface area contributed by atoms with Gasteiger partial charge in [0.2, 0.25) is 11.8 Å². The zero-order chi connectivity index (χ0) is 26.3. The largest absolute Gasteiger partial charge is 0.385 e. The Morgan fingerprint density at radius 1 is 1.31 bits per heavy atom. The van der Waals surface area contributed by atoms with Crippen molar-refractivity contribution in [2.45, 2.75) is 76.9 Å². The first-order valence-electron chi connectivity index (χ1n) is 12.5. The third kappa shape index (κ3) is 6.88. The average molecular weight is 506 g/mol. The molecule has 2 atom stereocenters. The number of rotatable bonds is 12. The Kier molecular flexibility index (Phi) is 9.56. The van der Waals surface area contributed by atoms with E-state index in [1.54, 1.807) is 31.7 Å². The van der Waals surface area contributed by atoms with Crippen molar-refractivity contribution in [3.63, 3.8) is 0 Å². The molecule has 2 amide bonds. The molecule has 198 valence electrons. The van der Waals surface area contributed by atoms with Crippen LogP contribution in [-0.2, 0) is 32.7 Å². The third-order valence-corrected chi connectivity index (χ3v) is 6.64. The minimum atomic E-state index is -0.900. The Bertz CT molecular complexity index is 1060. The molecule has 1 unspecified atom stereocenters. The number of anilines is 1. The molecule has 1 aliphatic carbocycles. The lowest BCUT2D eigenvalue weighted by molar-refractivity contribution is -0.128. The van der Waals surface area contributed by atoms with E-state index in [9.17, 15) is 18.4 Å². The molecule has 3 rings (SSSR count). The van der Waals surface area contributed by atoms with Crippen LogP contribution in [0.1, 0.15) is 57.6 Å². The number of ether oxygens (including phenoxy) is 1. The lowest BCUT2D eigenvalue weighted by Crippen LogP contribution is -2.48. The highest BCUT2D eigenvalue weighted by atomic mass is 19.1. The second kappa shape index (κ2) is 12.4. The molecule has 0 saturated carbocycles. The Morgan fingerprint density at radius 2 is 2.08 bits per heavy atom. The molecule has 36 heavy (non-hydrogen) atoms. The fourth-order valence-corrected chi connectivity index (χ4v) is 4.45. The molecule has 1 aliphatic rings. The summed E-state index contributed by atoms with van der Waals surface area (Å²) in [6.45, 7) is 6.61. The number of carbonyl (C=O) groups is 2. The van der Waals surface area contributed by atoms with E-state index < -0.39 is 23.2 Å². The van der Waals surface area contributed by atoms with Gasteiger partial charge in [0.15, 0.2) is 5.82 Å². The maximum atomic E-state index is 14.3. The standard InChI is InChI=1S/C26H37F2N5O3/c1-5-7-22(31-19-9-8-17-12-18(27)13-21(28)20(17)14-19)24(34)32-23-15-33(16-30-23)26(2,3)25(35)29-10-6-11-36-4/h12-13,15-16,19,22,31H,5-11,14H2,1-4H3,(H,29,35)(H,32,34)/t19?,22-/m0/s1. The smallest absolute Gasteiger partial charge is 0.245 e. The minimum absolute atomic E-state index is 0.0990. The summed E-state index contributed by atoms with van der Waals surface area (Å²) >= 11 is 0. The molecule has 0 spiro atoms. The summed E-state index contributed by atoms with van der Waals surface area (Å²) < 4.78 is 34.5. The Morgan fingerprint density at radius 3 is 2.81 bits per heavy atom. The van der Waals surface area contributed by atoms with Gasteiger partial charge in [0.05, 0.1) is 12.4 Å². The second-order valence-electron chi connectivity index (χ2n) is 9.79. The summed E-state index contributed by atoms with van der Waals surface area (Å²) in [5.74, 6) is -1.16. The number of halogens is 2. The van der Waals surface area contributed by atoms with Gasteiger partial charge in [-0.1, -0.05) is 13.3 Å². The Labute approximate surface area is 211 Å². The summed E-state index contributed by atoms with van der Waals surface area (Å²) in [4.78, 5) is 30.0. The molecular formula is C26H37F2N5O3. The van der Waals surface area contributed by atoms with Crippen LogP contribution in [0.2, 0.25) is 0 Å². The summed E-state index contributed by atoms with van der Waals surface area (Å²) in [5.41, 5.74) is 0.304. The number of nitrogens with one attached hydrogen (secondary N) is 3. The van der Waals surface area contributed by atoms with Crippen LogP contribution < -0.4 is 16.0 Å². The van der Waals surface area contributed by atoms with Gasteiger partial charge in [-0.15, -0.1) is 0 Å². The molecular weight excluding hydrogens is 468 g/mol. The molecule has 0 saturated heterocycles. The molecule has 0 fully saturated rings. The zero-order valence-electron chi connectivity index (χ0n) is 21.5. The quantitative estimate of drug-likeness (QED) is 0.385. The Hall–Kier alpha value is -2.85. The van der Waals surface area contributed by atoms with Crippen LogP contribution in [0, 0.1) is 11.6 Å². The van der Waals surface area contributed by atoms with Crippen LogP contribution >= 0.6 is 0 Å². The monoisotopic (exact) mass is 505 g/mol. The van der Waals surface area contributed by atoms with Crippen molar-refractivity contribution in [3.8, 4) is 0 Å². The molecule has 8 nitrogen and oxygen atoms in total. The average Bonchev–Trinajstić information content (AvgIpc) is 3.31. The number of aryl methyl sites for hydroxylation is 1. The highest BCUT2D eigenvalue weighted by molar-refractivity contribution is 5.94. The van der Waals surface area contributed by atoms with E-state index in [0.717, 1.165) is 12.5 Å². The van der Waals surface area contributed by atoms with E-state index in [1.165, 1.54) is 12.4 Å². The maximum Gasteiger partial charge on any atom is 0.245 e. The van der Waals surface area contributed by atoms with Gasteiger partial charge in [-0.25, -0.2) is 13.8 Å². The first-order valence-corrected chi connectivity index (χ1v) is 12.5. The molecule has 0 aliphatic heterocycles. The van der Waals surface area contributed by atoms with Crippen molar-refractivity contribution >= 4 is 17.6 Å². The summed E-state index contributed by atoms with van der Waals surface area (Å²) in [7, 11) is 1.61. The topological polar surface area (TPSA) is 97.3 Å². The van der Waals surface area contributed by atoms with Gasteiger partial charge in [0.25, 0.3) is 0 Å². The van der Waals surface area contributed by atoms with E-state index in [2.05, 4.69) is 20.9 Å². The second-order valence-corrected chi connectivity index (χ2v) is 9.79. The SMILES string of the molecule is CCC[C@H](NC1CCc2cc(F)cc(F)c2C1)C(=O)Nc1cn(C(C)(C)C(=O)NCCCOC)cn1. The number of fused-ring (bicyclic) bond motifs is 1. The van der Waals surface area contributed by atoms with Crippen molar-refractivity contribution in [3.05, 3.63) is 47.4 Å². The van der Waals surface area contributed by atoms with E-state index in [0.29, 0.717) is 62.2 Å². The number of benzene rings is 1. The predicted octanol–water partition coefficient (Wildman–Crippen LogP) is 3.30. The number of aromatic nitrogens is 2. The normalized spacial score (nSPS) is 16.3. The van der Waals surface area contributed by atoms with Gasteiger partial charge in [-0.05, 0) is 63.1 Å². The summed E-state index contributed by atoms with van der Waals surface area (Å²) in [6.07, 6.45) is 6.88. The molecule has 0 radical (unpaired) electrons. The van der Waals surface area contributed by atoms with Gasteiger partial charge in [0.1, 0.15) is 17.2 Å². The van der Waals surface area contributed by atoms with E-state index in [4.69, 9.17) is 4.74 Å². The van der Waals surface area contributed by atoms with Crippen LogP contribution in [-0.4, -0.2) is 53.7 Å². The molecule has 10 heteroatoms. The summed E-state index contributed by atoms with van der Waals surface area (Å²) in [6, 6.07) is 1.71. The van der Waals surface area contributed by atoms with Gasteiger partial charge in [-0.3, -0.25) is 9.59 Å². The van der Waals surface area contributed by atoms with Crippen LogP contribution in [0.25, 0.3) is 0 Å². The van der Waals surface area contributed by atoms with Crippen molar-refractivity contribution in [2.75, 3.05) is 25.6 Å². The van der Waals surface area contributed by atoms with Crippen LogP contribution in [0.15, 0.2) is 24.7 Å². The predicted molar refractivity (Wildman–Crippen MR) is 134 cm³/mol. The first kappa shape index (κ1) is 27.7. The number of hydrogen-bond donors (Lipinski definition) is 3. The van der Waals surface area contributed by atoms with Gasteiger partial charge < -0.3 is 25.3 Å². The molecule has 1 aromatic carbocycles. The van der Waals surface area contributed by atoms with Crippen LogP contribution in [0.3, 0.4) is 0 Å². The number of methoxy groups -OCH3 is 1. The van der Waals surface area contributed by atoms with Crippen molar-refractivity contribution in [1.29, 1.82) is 0 Å². The molecule has 1 aromatic heterocycles. The van der Waals surface area contributed by atoms with Crippen LogP contribution in [0.5, 0.6) is 0 Å². The molecule has 3 N–H and O–H groups in total. The van der Waals surface area contributed by atoms with Gasteiger partial charge in [-0.2, -0.15) is 0 Å². The fourth-order valence-electron chi connectivity index (χ4n) is 4.45. The first-order chi connectivity index (χ1) is 17.1. The minimum Gasteiger partial charge on any atom is -0.385 e. The Balaban J connectivity index is 1.61. The molecule has 2 aromatic rings. The van der Waals surface area contributed by atoms with Crippen LogP contribution in [0.4, 0.5) is 14.6 Å². The van der Waals surface area contributed by atoms with E-state index in [-0.39, 0.29) is 17.9 Å². The lowest BCUT2D eigenvalue weighted by atomic mass is 9.87. The van der Waals surface area contributed by atoms with E-state index >= 15 is 0 Å². The number of nitrogens with zero attached hydrogens (tertiary/aromatic N) is 2. The highest BCUT2D eigenvalue weighted by Gasteiger charge is 2.31. The van der Waals surface area contributed by atoms with Crippen molar-refractivity contribution < 1.29 is 23.1 Å². The fraction of sp³-hybridized carbons (Fsp3) is 0.577. The van der Waals surface area contributed by atoms with Gasteiger partial charge >= 0.3 is 0 Å². The van der Waals surface area contributed by atoms with Crippen molar-refractivity contribution in [2.24, 2.45) is 0 Å². The number of carbonyl (C=O) groups excluding carboxylic acids is 2. The number of hydrogen-bond acceptors (Lipinski definition) is 5.